The van der Waals surface area contributed by atoms with Crippen LogP contribution < -0.4 is 5.32 Å². The predicted molar refractivity (Wildman–Crippen MR) is 82.0 cm³/mol. The monoisotopic (exact) mass is 279 g/mol. The van der Waals surface area contributed by atoms with E-state index in [0.717, 1.165) is 35.0 Å². The molecule has 1 aliphatic rings. The standard InChI is InChI=1S/C16H17N5/c1-10-2-4-18-9-13(10)21-5-3-11-7-19-16-14(15(11)21)12(6-17)8-20-16/h3,5,7-8,10,13,18H,2,4,9H2,1H3,(H,19,20)/t10-,13+/m0/s1. The maximum atomic E-state index is 9.36. The summed E-state index contributed by atoms with van der Waals surface area (Å²) in [6.07, 6.45) is 6.94. The molecule has 2 atom stereocenters. The average Bonchev–Trinajstić information content (AvgIpc) is 3.10. The van der Waals surface area contributed by atoms with E-state index in [0.29, 0.717) is 17.5 Å². The van der Waals surface area contributed by atoms with E-state index in [1.165, 1.54) is 6.42 Å². The van der Waals surface area contributed by atoms with Crippen LogP contribution in [0.5, 0.6) is 0 Å². The molecule has 0 aromatic carbocycles. The average molecular weight is 279 g/mol. The normalized spacial score (nSPS) is 22.7. The first-order valence-electron chi connectivity index (χ1n) is 7.37. The van der Waals surface area contributed by atoms with E-state index >= 15 is 0 Å². The van der Waals surface area contributed by atoms with Gasteiger partial charge in [-0.15, -0.1) is 0 Å². The topological polar surface area (TPSA) is 69.4 Å². The summed E-state index contributed by atoms with van der Waals surface area (Å²) in [7, 11) is 0. The molecule has 1 saturated heterocycles. The van der Waals surface area contributed by atoms with E-state index < -0.39 is 0 Å². The highest BCUT2D eigenvalue weighted by Crippen LogP contribution is 2.33. The van der Waals surface area contributed by atoms with Gasteiger partial charge < -0.3 is 14.9 Å². The number of nitriles is 1. The van der Waals surface area contributed by atoms with E-state index in [2.05, 4.69) is 45.1 Å². The first-order chi connectivity index (χ1) is 10.3. The van der Waals surface area contributed by atoms with Crippen molar-refractivity contribution in [3.63, 3.8) is 0 Å². The van der Waals surface area contributed by atoms with Crippen LogP contribution in [0.2, 0.25) is 0 Å². The Kier molecular flexibility index (Phi) is 2.72. The van der Waals surface area contributed by atoms with Gasteiger partial charge in [-0.1, -0.05) is 6.92 Å². The van der Waals surface area contributed by atoms with Gasteiger partial charge in [-0.25, -0.2) is 4.98 Å². The van der Waals surface area contributed by atoms with Crippen LogP contribution >= 0.6 is 0 Å². The number of aromatic nitrogens is 3. The molecule has 2 N–H and O–H groups in total. The number of fused-ring (bicyclic) bond motifs is 3. The van der Waals surface area contributed by atoms with E-state index in [1.54, 1.807) is 6.20 Å². The van der Waals surface area contributed by atoms with Crippen molar-refractivity contribution in [2.24, 2.45) is 5.92 Å². The number of H-pyrrole nitrogens is 1. The van der Waals surface area contributed by atoms with Gasteiger partial charge in [0.25, 0.3) is 0 Å². The van der Waals surface area contributed by atoms with Crippen LogP contribution in [0, 0.1) is 17.2 Å². The number of rotatable bonds is 1. The molecule has 3 aromatic heterocycles. The fourth-order valence-electron chi connectivity index (χ4n) is 3.44. The Morgan fingerprint density at radius 3 is 3.19 bits per heavy atom. The van der Waals surface area contributed by atoms with Crippen molar-refractivity contribution in [3.8, 4) is 6.07 Å². The molecule has 0 saturated carbocycles. The van der Waals surface area contributed by atoms with Crippen molar-refractivity contribution in [3.05, 3.63) is 30.2 Å². The summed E-state index contributed by atoms with van der Waals surface area (Å²) in [5.74, 6) is 0.620. The summed E-state index contributed by atoms with van der Waals surface area (Å²) in [5, 5.41) is 14.9. The largest absolute Gasteiger partial charge is 0.345 e. The maximum absolute atomic E-state index is 9.36. The van der Waals surface area contributed by atoms with Gasteiger partial charge in [0.2, 0.25) is 0 Å². The minimum Gasteiger partial charge on any atom is -0.345 e. The lowest BCUT2D eigenvalue weighted by Crippen LogP contribution is -2.36. The number of piperidine rings is 1. The van der Waals surface area contributed by atoms with Crippen LogP contribution in [0.25, 0.3) is 21.9 Å². The molecule has 3 aromatic rings. The molecule has 0 bridgehead atoms. The highest BCUT2D eigenvalue weighted by Gasteiger charge is 2.25. The zero-order valence-electron chi connectivity index (χ0n) is 11.9. The molecular weight excluding hydrogens is 262 g/mol. The Labute approximate surface area is 122 Å². The van der Waals surface area contributed by atoms with Crippen molar-refractivity contribution < 1.29 is 0 Å². The third-order valence-corrected chi connectivity index (χ3v) is 4.64. The summed E-state index contributed by atoms with van der Waals surface area (Å²) in [4.78, 5) is 7.52. The molecule has 1 fully saturated rings. The number of nitrogens with zero attached hydrogens (tertiary/aromatic N) is 3. The molecule has 0 aliphatic carbocycles. The van der Waals surface area contributed by atoms with Gasteiger partial charge in [-0.2, -0.15) is 5.26 Å². The molecular formula is C16H17N5. The molecule has 0 unspecified atom stereocenters. The Bertz CT molecular complexity index is 851. The van der Waals surface area contributed by atoms with Crippen LogP contribution in [0.4, 0.5) is 0 Å². The smallest absolute Gasteiger partial charge is 0.140 e. The summed E-state index contributed by atoms with van der Waals surface area (Å²) in [6, 6.07) is 4.79. The fraction of sp³-hybridized carbons (Fsp3) is 0.375. The second-order valence-corrected chi connectivity index (χ2v) is 5.86. The lowest BCUT2D eigenvalue weighted by molar-refractivity contribution is 0.280. The van der Waals surface area contributed by atoms with Gasteiger partial charge in [-0.3, -0.25) is 0 Å². The van der Waals surface area contributed by atoms with Gasteiger partial charge in [0, 0.05) is 36.6 Å². The number of aromatic amines is 1. The number of pyridine rings is 1. The number of hydrogen-bond acceptors (Lipinski definition) is 3. The Morgan fingerprint density at radius 1 is 1.48 bits per heavy atom. The van der Waals surface area contributed by atoms with Gasteiger partial charge in [0.05, 0.1) is 16.5 Å². The van der Waals surface area contributed by atoms with Crippen molar-refractivity contribution in [2.75, 3.05) is 13.1 Å². The molecule has 1 aliphatic heterocycles. The predicted octanol–water partition coefficient (Wildman–Crippen LogP) is 2.56. The highest BCUT2D eigenvalue weighted by atomic mass is 15.1. The van der Waals surface area contributed by atoms with Crippen molar-refractivity contribution in [1.82, 2.24) is 19.9 Å². The van der Waals surface area contributed by atoms with Crippen LogP contribution in [0.3, 0.4) is 0 Å². The van der Waals surface area contributed by atoms with Crippen molar-refractivity contribution in [2.45, 2.75) is 19.4 Å². The van der Waals surface area contributed by atoms with Gasteiger partial charge in [0.1, 0.15) is 11.7 Å². The van der Waals surface area contributed by atoms with E-state index in [9.17, 15) is 5.26 Å². The fourth-order valence-corrected chi connectivity index (χ4v) is 3.44. The van der Waals surface area contributed by atoms with E-state index in [1.807, 2.05) is 6.20 Å². The van der Waals surface area contributed by atoms with E-state index in [-0.39, 0.29) is 0 Å². The van der Waals surface area contributed by atoms with Gasteiger partial charge in [0.15, 0.2) is 0 Å². The van der Waals surface area contributed by atoms with Crippen LogP contribution in [-0.2, 0) is 0 Å². The molecule has 0 radical (unpaired) electrons. The third-order valence-electron chi connectivity index (χ3n) is 4.64. The van der Waals surface area contributed by atoms with Gasteiger partial charge >= 0.3 is 0 Å². The second-order valence-electron chi connectivity index (χ2n) is 5.86. The Morgan fingerprint density at radius 2 is 2.38 bits per heavy atom. The Balaban J connectivity index is 2.01. The molecule has 0 spiro atoms. The first kappa shape index (κ1) is 12.4. The van der Waals surface area contributed by atoms with E-state index in [4.69, 9.17) is 0 Å². The maximum Gasteiger partial charge on any atom is 0.140 e. The van der Waals surface area contributed by atoms with Crippen LogP contribution in [0.1, 0.15) is 24.9 Å². The third kappa shape index (κ3) is 1.76. The molecule has 0 amide bonds. The SMILES string of the molecule is C[C@H]1CCNC[C@H]1n1ccc2cnc3[nH]cc(C#N)c3c21. The lowest BCUT2D eigenvalue weighted by atomic mass is 9.94. The summed E-state index contributed by atoms with van der Waals surface area (Å²) >= 11 is 0. The summed E-state index contributed by atoms with van der Waals surface area (Å²) in [6.45, 7) is 4.36. The first-order valence-corrected chi connectivity index (χ1v) is 7.37. The van der Waals surface area contributed by atoms with Crippen LogP contribution in [-0.4, -0.2) is 27.6 Å². The molecule has 5 heteroatoms. The molecule has 21 heavy (non-hydrogen) atoms. The molecule has 4 heterocycles. The van der Waals surface area contributed by atoms with Crippen LogP contribution in [0.15, 0.2) is 24.7 Å². The molecule has 5 nitrogen and oxygen atoms in total. The molecule has 4 rings (SSSR count). The second kappa shape index (κ2) is 4.61. The van der Waals surface area contributed by atoms with Crippen molar-refractivity contribution in [1.29, 1.82) is 5.26 Å². The minimum absolute atomic E-state index is 0.420. The summed E-state index contributed by atoms with van der Waals surface area (Å²) < 4.78 is 2.32. The van der Waals surface area contributed by atoms with Crippen molar-refractivity contribution >= 4 is 21.9 Å². The number of nitrogens with one attached hydrogen (secondary N) is 2. The summed E-state index contributed by atoms with van der Waals surface area (Å²) in [5.41, 5.74) is 2.58. The van der Waals surface area contributed by atoms with Gasteiger partial charge in [-0.05, 0) is 24.9 Å². The zero-order chi connectivity index (χ0) is 14.4. The Hall–Kier alpha value is -2.32. The molecule has 106 valence electrons. The quantitative estimate of drug-likeness (QED) is 0.719. The lowest BCUT2D eigenvalue weighted by Gasteiger charge is -2.31. The highest BCUT2D eigenvalue weighted by molar-refractivity contribution is 6.05. The minimum atomic E-state index is 0.420. The number of hydrogen-bond donors (Lipinski definition) is 2. The zero-order valence-corrected chi connectivity index (χ0v) is 11.9.